The monoisotopic (exact) mass is 666 g/mol. The van der Waals surface area contributed by atoms with Gasteiger partial charge in [0, 0.05) is 71.0 Å². The Hall–Kier alpha value is -4.60. The van der Waals surface area contributed by atoms with Crippen molar-refractivity contribution in [3.8, 4) is 19.5 Å². The zero-order valence-corrected chi connectivity index (χ0v) is 28.2. The lowest BCUT2D eigenvalue weighted by molar-refractivity contribution is 1.25. The van der Waals surface area contributed by atoms with Crippen LogP contribution in [0.15, 0.2) is 119 Å². The molecule has 4 nitrogen and oxygen atoms in total. The van der Waals surface area contributed by atoms with Crippen LogP contribution in [0.2, 0.25) is 0 Å². The van der Waals surface area contributed by atoms with Crippen molar-refractivity contribution in [2.75, 3.05) is 10.9 Å². The molecule has 0 aliphatic heterocycles. The van der Waals surface area contributed by atoms with Crippen LogP contribution in [-0.4, -0.2) is 0 Å². The third-order valence-corrected chi connectivity index (χ3v) is 13.0. The second-order valence-electron chi connectivity index (χ2n) is 11.3. The summed E-state index contributed by atoms with van der Waals surface area (Å²) >= 11 is 7.38. The maximum atomic E-state index is 5.06. The summed E-state index contributed by atoms with van der Waals surface area (Å²) in [5, 5.41) is 19.2. The minimum atomic E-state index is 0.966. The molecule has 9 aromatic rings. The zero-order valence-electron chi connectivity index (χ0n) is 24.9. The smallest absolute Gasteiger partial charge is 0.0999 e. The van der Waals surface area contributed by atoms with Crippen molar-refractivity contribution in [2.45, 2.75) is 13.8 Å². The lowest BCUT2D eigenvalue weighted by Gasteiger charge is -2.00. The summed E-state index contributed by atoms with van der Waals surface area (Å²) in [7, 11) is 0. The number of benzene rings is 3. The van der Waals surface area contributed by atoms with E-state index >= 15 is 0 Å². The van der Waals surface area contributed by atoms with Gasteiger partial charge in [0.2, 0.25) is 0 Å². The number of nitrogens with one attached hydrogen (secondary N) is 2. The quantitative estimate of drug-likeness (QED) is 0.174. The first-order valence-electron chi connectivity index (χ1n) is 15.0. The van der Waals surface area contributed by atoms with E-state index in [0.717, 1.165) is 32.9 Å². The number of hydrogen-bond acceptors (Lipinski definition) is 8. The van der Waals surface area contributed by atoms with Crippen LogP contribution in [0.25, 0.3) is 61.2 Å². The van der Waals surface area contributed by atoms with Crippen LogP contribution < -0.4 is 21.6 Å². The van der Waals surface area contributed by atoms with Gasteiger partial charge in [-0.2, -0.15) is 10.2 Å². The predicted octanol–water partition coefficient (Wildman–Crippen LogP) is 11.2. The number of anilines is 2. The summed E-state index contributed by atoms with van der Waals surface area (Å²) in [5.74, 6) is 0. The van der Waals surface area contributed by atoms with Crippen LogP contribution in [0.3, 0.4) is 0 Å². The Labute approximate surface area is 280 Å². The average Bonchev–Trinajstić information content (AvgIpc) is 3.92. The van der Waals surface area contributed by atoms with Gasteiger partial charge < -0.3 is 0 Å². The van der Waals surface area contributed by atoms with Crippen molar-refractivity contribution in [1.82, 2.24) is 0 Å². The van der Waals surface area contributed by atoms with Crippen LogP contribution in [-0.2, 0) is 0 Å². The lowest BCUT2D eigenvalue weighted by Crippen LogP contribution is -2.05. The summed E-state index contributed by atoms with van der Waals surface area (Å²) in [6.07, 6.45) is 0. The molecule has 4 heterocycles. The third kappa shape index (κ3) is 4.68. The van der Waals surface area contributed by atoms with Crippen LogP contribution in [0.5, 0.6) is 0 Å². The van der Waals surface area contributed by atoms with Crippen molar-refractivity contribution >= 4 is 98.4 Å². The van der Waals surface area contributed by atoms with Crippen LogP contribution in [0, 0.1) is 13.8 Å². The highest BCUT2D eigenvalue weighted by Crippen LogP contribution is 2.44. The average molecular weight is 667 g/mol. The molecule has 0 radical (unpaired) electrons. The van der Waals surface area contributed by atoms with Gasteiger partial charge in [0.15, 0.2) is 0 Å². The van der Waals surface area contributed by atoms with E-state index in [1.807, 2.05) is 106 Å². The first-order valence-corrected chi connectivity index (χ1v) is 18.2. The van der Waals surface area contributed by atoms with Gasteiger partial charge in [-0.25, -0.2) is 0 Å². The minimum Gasteiger partial charge on any atom is -0.278 e. The highest BCUT2D eigenvalue weighted by molar-refractivity contribution is 7.27. The van der Waals surface area contributed by atoms with Crippen LogP contribution >= 0.6 is 45.3 Å². The summed E-state index contributed by atoms with van der Waals surface area (Å²) < 4.78 is 2.51. The molecular weight excluding hydrogens is 641 g/mol. The fourth-order valence-electron chi connectivity index (χ4n) is 6.08. The number of aryl methyl sites for hydroxylation is 2. The van der Waals surface area contributed by atoms with E-state index in [2.05, 4.69) is 73.2 Å². The fourth-order valence-corrected chi connectivity index (χ4v) is 10.4. The van der Waals surface area contributed by atoms with E-state index in [4.69, 9.17) is 10.2 Å². The number of fused-ring (bicyclic) bond motifs is 6. The van der Waals surface area contributed by atoms with Crippen LogP contribution in [0.1, 0.15) is 9.75 Å². The Morgan fingerprint density at radius 1 is 0.413 bits per heavy atom. The Morgan fingerprint density at radius 3 is 1.24 bits per heavy atom. The molecule has 4 aromatic heterocycles. The molecule has 0 aliphatic carbocycles. The number of hydrogen-bond donors (Lipinski definition) is 2. The zero-order chi connectivity index (χ0) is 30.8. The van der Waals surface area contributed by atoms with E-state index < -0.39 is 0 Å². The van der Waals surface area contributed by atoms with E-state index in [1.54, 1.807) is 0 Å². The van der Waals surface area contributed by atoms with Crippen molar-refractivity contribution in [3.05, 3.63) is 130 Å². The van der Waals surface area contributed by atoms with E-state index in [0.29, 0.717) is 0 Å². The highest BCUT2D eigenvalue weighted by atomic mass is 32.1. The van der Waals surface area contributed by atoms with Gasteiger partial charge in [-0.15, -0.1) is 45.3 Å². The standard InChI is InChI=1S/C38H26N4S4/c1-21-13-15-31(43-21)33-19-29-35(41-39-23-9-5-3-6-10-23)25-18-28-26(17-27(25)37(29)45-33)36(42-40-24-11-7-4-8-12-24)30-20-34(46-38(28)30)32-16-14-22(2)44-32/h3-20,39-40H,1-2H3/b41-35+,42-36+. The van der Waals surface area contributed by atoms with Gasteiger partial charge in [0.25, 0.3) is 0 Å². The summed E-state index contributed by atoms with van der Waals surface area (Å²) in [6.45, 7) is 4.33. The summed E-state index contributed by atoms with van der Waals surface area (Å²) in [4.78, 5) is 7.77. The number of para-hydroxylation sites is 2. The highest BCUT2D eigenvalue weighted by Gasteiger charge is 2.20. The maximum Gasteiger partial charge on any atom is 0.0999 e. The Bertz CT molecular complexity index is 2480. The lowest BCUT2D eigenvalue weighted by atomic mass is 10.1. The molecule has 0 spiro atoms. The second-order valence-corrected chi connectivity index (χ2v) is 16.0. The molecule has 0 saturated heterocycles. The number of rotatable bonds is 6. The largest absolute Gasteiger partial charge is 0.278 e. The van der Waals surface area contributed by atoms with E-state index in [9.17, 15) is 0 Å². The fraction of sp³-hybridized carbons (Fsp3) is 0.0526. The molecule has 0 saturated carbocycles. The third-order valence-electron chi connectivity index (χ3n) is 8.24. The molecule has 0 atom stereocenters. The maximum absolute atomic E-state index is 5.06. The van der Waals surface area contributed by atoms with Gasteiger partial charge in [0.05, 0.1) is 22.1 Å². The van der Waals surface area contributed by atoms with Crippen molar-refractivity contribution in [2.24, 2.45) is 10.2 Å². The molecule has 0 aliphatic rings. The Balaban J connectivity index is 1.33. The minimum absolute atomic E-state index is 0.966. The molecule has 46 heavy (non-hydrogen) atoms. The number of nitrogens with zero attached hydrogens (tertiary/aromatic N) is 2. The molecule has 0 bridgehead atoms. The molecule has 9 rings (SSSR count). The van der Waals surface area contributed by atoms with Gasteiger partial charge in [-0.05, 0) is 86.6 Å². The first kappa shape index (κ1) is 27.7. The number of thiophene rings is 4. The molecule has 5 aromatic carbocycles. The molecule has 8 heteroatoms. The Morgan fingerprint density at radius 2 is 0.848 bits per heavy atom. The topological polar surface area (TPSA) is 48.8 Å². The van der Waals surface area contributed by atoms with E-state index in [-0.39, 0.29) is 0 Å². The normalized spacial score (nSPS) is 12.8. The predicted molar refractivity (Wildman–Crippen MR) is 202 cm³/mol. The van der Waals surface area contributed by atoms with E-state index in [1.165, 1.54) is 60.2 Å². The van der Waals surface area contributed by atoms with Crippen molar-refractivity contribution in [1.29, 1.82) is 0 Å². The molecule has 0 amide bonds. The Kier molecular flexibility index (Phi) is 6.64. The van der Waals surface area contributed by atoms with Gasteiger partial charge in [-0.1, -0.05) is 36.4 Å². The first-order chi connectivity index (χ1) is 22.6. The molecule has 0 fully saturated rings. The molecule has 0 unspecified atom stereocenters. The second kappa shape index (κ2) is 11.0. The van der Waals surface area contributed by atoms with Gasteiger partial charge in [-0.3, -0.25) is 10.9 Å². The molecule has 2 N–H and O–H groups in total. The van der Waals surface area contributed by atoms with Crippen molar-refractivity contribution in [3.63, 3.8) is 0 Å². The SMILES string of the molecule is Cc1ccc(-c2cc3/c(=N/Nc4ccccc4)c4cc5c(cc4c3s2)/c(=N\Nc2ccccc2)c2cc(-c3ccc(C)s3)sc25)s1. The molecule has 222 valence electrons. The molecular formula is C38H26N4S4. The van der Waals surface area contributed by atoms with Gasteiger partial charge >= 0.3 is 0 Å². The van der Waals surface area contributed by atoms with Crippen molar-refractivity contribution < 1.29 is 0 Å². The summed E-state index contributed by atoms with van der Waals surface area (Å²) in [5.41, 5.74) is 8.63. The van der Waals surface area contributed by atoms with Gasteiger partial charge in [0.1, 0.15) is 0 Å². The van der Waals surface area contributed by atoms with Crippen LogP contribution in [0.4, 0.5) is 11.4 Å². The summed E-state index contributed by atoms with van der Waals surface area (Å²) in [6, 6.07) is 38.5.